The van der Waals surface area contributed by atoms with Gasteiger partial charge in [0.1, 0.15) is 17.1 Å². The van der Waals surface area contributed by atoms with E-state index >= 15 is 0 Å². The van der Waals surface area contributed by atoms with E-state index in [1.807, 2.05) is 20.8 Å². The van der Waals surface area contributed by atoms with Crippen molar-refractivity contribution in [1.82, 2.24) is 15.1 Å². The molecule has 0 unspecified atom stereocenters. The molecule has 23 heavy (non-hydrogen) atoms. The van der Waals surface area contributed by atoms with Gasteiger partial charge in [0, 0.05) is 31.1 Å². The first-order chi connectivity index (χ1) is 10.9. The van der Waals surface area contributed by atoms with Crippen molar-refractivity contribution in [3.05, 3.63) is 23.5 Å². The Bertz CT molecular complexity index is 592. The molecule has 1 aromatic rings. The van der Waals surface area contributed by atoms with Crippen molar-refractivity contribution < 1.29 is 14.3 Å². The van der Waals surface area contributed by atoms with Crippen molar-refractivity contribution in [3.8, 4) is 0 Å². The molecule has 3 rings (SSSR count). The van der Waals surface area contributed by atoms with Crippen LogP contribution in [0.4, 0.5) is 4.79 Å². The maximum atomic E-state index is 12.1. The van der Waals surface area contributed by atoms with Crippen molar-refractivity contribution >= 4 is 11.9 Å². The van der Waals surface area contributed by atoms with E-state index in [0.717, 1.165) is 43.0 Å². The molecule has 1 N–H and O–H groups in total. The SMILES string of the molecule is CC(C)(C)OC(=O)N1CCC(c2cc(C3=CCCO3)n[nH]2)CC1. The van der Waals surface area contributed by atoms with Gasteiger partial charge in [0.05, 0.1) is 6.61 Å². The standard InChI is InChI=1S/C17H25N3O3/c1-17(2,3)23-16(21)20-8-6-12(7-9-20)13-11-14(19-18-13)15-5-4-10-22-15/h5,11-12H,4,6-10H2,1-3H3,(H,18,19). The fourth-order valence-electron chi connectivity index (χ4n) is 2.97. The van der Waals surface area contributed by atoms with Crippen molar-refractivity contribution in [3.63, 3.8) is 0 Å². The predicted octanol–water partition coefficient (Wildman–Crippen LogP) is 3.29. The number of hydrogen-bond acceptors (Lipinski definition) is 4. The van der Waals surface area contributed by atoms with Gasteiger partial charge in [0.15, 0.2) is 0 Å². The molecule has 1 fully saturated rings. The molecule has 0 aliphatic carbocycles. The van der Waals surface area contributed by atoms with Crippen molar-refractivity contribution in [1.29, 1.82) is 0 Å². The van der Waals surface area contributed by atoms with Gasteiger partial charge >= 0.3 is 6.09 Å². The van der Waals surface area contributed by atoms with Crippen LogP contribution < -0.4 is 0 Å². The van der Waals surface area contributed by atoms with Gasteiger partial charge in [-0.15, -0.1) is 0 Å². The molecule has 0 radical (unpaired) electrons. The highest BCUT2D eigenvalue weighted by Crippen LogP contribution is 2.30. The van der Waals surface area contributed by atoms with E-state index < -0.39 is 5.60 Å². The average molecular weight is 319 g/mol. The zero-order chi connectivity index (χ0) is 16.4. The number of rotatable bonds is 2. The summed E-state index contributed by atoms with van der Waals surface area (Å²) in [5.41, 5.74) is 1.56. The summed E-state index contributed by atoms with van der Waals surface area (Å²) >= 11 is 0. The third-order valence-electron chi connectivity index (χ3n) is 4.14. The van der Waals surface area contributed by atoms with Crippen LogP contribution in [0, 0.1) is 0 Å². The average Bonchev–Trinajstić information content (AvgIpc) is 3.17. The van der Waals surface area contributed by atoms with Crippen LogP contribution in [0.1, 0.15) is 57.3 Å². The number of nitrogens with zero attached hydrogens (tertiary/aromatic N) is 2. The molecule has 6 nitrogen and oxygen atoms in total. The molecular weight excluding hydrogens is 294 g/mol. The smallest absolute Gasteiger partial charge is 0.410 e. The number of hydrogen-bond donors (Lipinski definition) is 1. The Morgan fingerprint density at radius 1 is 1.39 bits per heavy atom. The topological polar surface area (TPSA) is 67.4 Å². The van der Waals surface area contributed by atoms with E-state index in [2.05, 4.69) is 22.3 Å². The van der Waals surface area contributed by atoms with E-state index in [0.29, 0.717) is 19.0 Å². The number of carbonyl (C=O) groups is 1. The van der Waals surface area contributed by atoms with Gasteiger partial charge in [-0.2, -0.15) is 5.10 Å². The number of aromatic nitrogens is 2. The van der Waals surface area contributed by atoms with Crippen LogP contribution in [0.15, 0.2) is 12.1 Å². The van der Waals surface area contributed by atoms with Gasteiger partial charge in [-0.05, 0) is 45.8 Å². The molecule has 0 saturated carbocycles. The summed E-state index contributed by atoms with van der Waals surface area (Å²) in [5, 5.41) is 7.48. The summed E-state index contributed by atoms with van der Waals surface area (Å²) < 4.78 is 11.0. The van der Waals surface area contributed by atoms with Crippen LogP contribution in [0.5, 0.6) is 0 Å². The van der Waals surface area contributed by atoms with E-state index in [1.54, 1.807) is 4.90 Å². The fourth-order valence-corrected chi connectivity index (χ4v) is 2.97. The third kappa shape index (κ3) is 3.86. The second-order valence-electron chi connectivity index (χ2n) is 7.16. The molecule has 1 saturated heterocycles. The van der Waals surface area contributed by atoms with Gasteiger partial charge in [0.2, 0.25) is 0 Å². The second-order valence-corrected chi connectivity index (χ2v) is 7.16. The zero-order valence-electron chi connectivity index (χ0n) is 14.1. The number of likely N-dealkylation sites (tertiary alicyclic amines) is 1. The maximum absolute atomic E-state index is 12.1. The molecule has 1 amide bonds. The number of nitrogens with one attached hydrogen (secondary N) is 1. The highest BCUT2D eigenvalue weighted by Gasteiger charge is 2.28. The first kappa shape index (κ1) is 15.9. The zero-order valence-corrected chi connectivity index (χ0v) is 14.1. The molecular formula is C17H25N3O3. The molecule has 1 aromatic heterocycles. The summed E-state index contributed by atoms with van der Waals surface area (Å²) in [7, 11) is 0. The van der Waals surface area contributed by atoms with Crippen LogP contribution in [0.25, 0.3) is 5.76 Å². The summed E-state index contributed by atoms with van der Waals surface area (Å²) in [5.74, 6) is 1.27. The molecule has 0 aromatic carbocycles. The molecule has 126 valence electrons. The first-order valence-corrected chi connectivity index (χ1v) is 8.29. The Balaban J connectivity index is 1.56. The molecule has 0 spiro atoms. The van der Waals surface area contributed by atoms with Crippen LogP contribution in [0.2, 0.25) is 0 Å². The second kappa shape index (κ2) is 6.26. The summed E-state index contributed by atoms with van der Waals surface area (Å²) in [6.07, 6.45) is 4.64. The lowest BCUT2D eigenvalue weighted by Crippen LogP contribution is -2.41. The predicted molar refractivity (Wildman–Crippen MR) is 86.9 cm³/mol. The largest absolute Gasteiger partial charge is 0.491 e. The van der Waals surface area contributed by atoms with Crippen molar-refractivity contribution in [2.24, 2.45) is 0 Å². The molecule has 3 heterocycles. The van der Waals surface area contributed by atoms with Gasteiger partial charge < -0.3 is 14.4 Å². The number of H-pyrrole nitrogens is 1. The minimum atomic E-state index is -0.443. The normalized spacial score (nSPS) is 19.4. The van der Waals surface area contributed by atoms with E-state index in [1.165, 1.54) is 0 Å². The fraction of sp³-hybridized carbons (Fsp3) is 0.647. The molecule has 0 atom stereocenters. The van der Waals surface area contributed by atoms with Crippen LogP contribution in [-0.2, 0) is 9.47 Å². The number of piperidine rings is 1. The first-order valence-electron chi connectivity index (χ1n) is 8.29. The van der Waals surface area contributed by atoms with Crippen molar-refractivity contribution in [2.45, 2.75) is 51.6 Å². The number of amides is 1. The lowest BCUT2D eigenvalue weighted by molar-refractivity contribution is 0.0204. The quantitative estimate of drug-likeness (QED) is 0.908. The Labute approximate surface area is 136 Å². The Hall–Kier alpha value is -1.98. The van der Waals surface area contributed by atoms with Crippen LogP contribution >= 0.6 is 0 Å². The third-order valence-corrected chi connectivity index (χ3v) is 4.14. The molecule has 0 bridgehead atoms. The molecule has 2 aliphatic heterocycles. The minimum absolute atomic E-state index is 0.217. The van der Waals surface area contributed by atoms with Crippen LogP contribution in [-0.4, -0.2) is 46.5 Å². The highest BCUT2D eigenvalue weighted by atomic mass is 16.6. The van der Waals surface area contributed by atoms with E-state index in [4.69, 9.17) is 9.47 Å². The maximum Gasteiger partial charge on any atom is 0.410 e. The Morgan fingerprint density at radius 2 is 2.13 bits per heavy atom. The minimum Gasteiger partial charge on any atom is -0.491 e. The summed E-state index contributed by atoms with van der Waals surface area (Å²) in [6.45, 7) is 7.85. The summed E-state index contributed by atoms with van der Waals surface area (Å²) in [4.78, 5) is 13.9. The Morgan fingerprint density at radius 3 is 2.74 bits per heavy atom. The highest BCUT2D eigenvalue weighted by molar-refractivity contribution is 5.68. The van der Waals surface area contributed by atoms with E-state index in [9.17, 15) is 4.79 Å². The monoisotopic (exact) mass is 319 g/mol. The summed E-state index contributed by atoms with van der Waals surface area (Å²) in [6, 6.07) is 2.07. The van der Waals surface area contributed by atoms with Crippen LogP contribution in [0.3, 0.4) is 0 Å². The van der Waals surface area contributed by atoms with E-state index in [-0.39, 0.29) is 6.09 Å². The van der Waals surface area contributed by atoms with Gasteiger partial charge in [-0.1, -0.05) is 0 Å². The number of aromatic amines is 1. The van der Waals surface area contributed by atoms with Gasteiger partial charge in [0.25, 0.3) is 0 Å². The Kier molecular flexibility index (Phi) is 4.33. The number of carbonyl (C=O) groups excluding carboxylic acids is 1. The lowest BCUT2D eigenvalue weighted by atomic mass is 9.93. The lowest BCUT2D eigenvalue weighted by Gasteiger charge is -2.33. The van der Waals surface area contributed by atoms with Crippen molar-refractivity contribution in [2.75, 3.05) is 19.7 Å². The van der Waals surface area contributed by atoms with Gasteiger partial charge in [-0.3, -0.25) is 5.10 Å². The molecule has 6 heteroatoms. The molecule has 2 aliphatic rings. The number of ether oxygens (including phenoxy) is 2. The van der Waals surface area contributed by atoms with Gasteiger partial charge in [-0.25, -0.2) is 4.79 Å².